The van der Waals surface area contributed by atoms with Crippen LogP contribution in [0.1, 0.15) is 46.4 Å². The molecule has 0 aromatic heterocycles. The van der Waals surface area contributed by atoms with Crippen LogP contribution in [0.4, 0.5) is 10.1 Å². The zero-order valence-corrected chi connectivity index (χ0v) is 13.4. The molecule has 2 aromatic rings. The molecule has 1 unspecified atom stereocenters. The quantitative estimate of drug-likeness (QED) is 0.896. The van der Waals surface area contributed by atoms with Crippen LogP contribution in [0.2, 0.25) is 0 Å². The first-order chi connectivity index (χ1) is 11.1. The average Bonchev–Trinajstić information content (AvgIpc) is 2.52. The van der Waals surface area contributed by atoms with Gasteiger partial charge in [-0.25, -0.2) is 4.39 Å². The van der Waals surface area contributed by atoms with Crippen molar-refractivity contribution in [3.8, 4) is 0 Å². The third-order valence-electron chi connectivity index (χ3n) is 4.25. The van der Waals surface area contributed by atoms with Crippen LogP contribution < -0.4 is 10.6 Å². The van der Waals surface area contributed by atoms with E-state index in [1.807, 2.05) is 31.2 Å². The van der Waals surface area contributed by atoms with Gasteiger partial charge in [0.1, 0.15) is 5.82 Å². The number of anilines is 1. The molecule has 1 atom stereocenters. The van der Waals surface area contributed by atoms with Crippen molar-refractivity contribution in [3.63, 3.8) is 0 Å². The number of nitrogens with one attached hydrogen (secondary N) is 2. The van der Waals surface area contributed by atoms with Gasteiger partial charge in [-0.05, 0) is 60.7 Å². The number of hydrogen-bond acceptors (Lipinski definition) is 2. The summed E-state index contributed by atoms with van der Waals surface area (Å²) in [7, 11) is 0. The van der Waals surface area contributed by atoms with E-state index < -0.39 is 0 Å². The van der Waals surface area contributed by atoms with Gasteiger partial charge in [0.05, 0.1) is 6.04 Å². The van der Waals surface area contributed by atoms with Gasteiger partial charge in [-0.2, -0.15) is 0 Å². The Kier molecular flexibility index (Phi) is 4.33. The number of halogens is 1. The van der Waals surface area contributed by atoms with Gasteiger partial charge in [0.2, 0.25) is 0 Å². The van der Waals surface area contributed by atoms with E-state index in [0.717, 1.165) is 40.8 Å². The molecule has 0 bridgehead atoms. The molecule has 1 aliphatic rings. The van der Waals surface area contributed by atoms with Crippen LogP contribution in [0.15, 0.2) is 36.4 Å². The third kappa shape index (κ3) is 3.36. The molecule has 0 spiro atoms. The van der Waals surface area contributed by atoms with Gasteiger partial charge >= 0.3 is 0 Å². The Balaban J connectivity index is 1.87. The molecule has 0 fully saturated rings. The molecule has 3 rings (SSSR count). The highest BCUT2D eigenvalue weighted by atomic mass is 19.1. The Hall–Kier alpha value is -2.36. The Morgan fingerprint density at radius 1 is 1.26 bits per heavy atom. The molecular weight excluding hydrogens is 291 g/mol. The zero-order valence-electron chi connectivity index (χ0n) is 13.4. The lowest BCUT2D eigenvalue weighted by Gasteiger charge is -2.22. The highest BCUT2D eigenvalue weighted by Gasteiger charge is 2.18. The van der Waals surface area contributed by atoms with Crippen LogP contribution in [0.25, 0.3) is 0 Å². The van der Waals surface area contributed by atoms with Crippen molar-refractivity contribution in [1.29, 1.82) is 0 Å². The van der Waals surface area contributed by atoms with Crippen molar-refractivity contribution in [1.82, 2.24) is 5.32 Å². The molecule has 2 aromatic carbocycles. The van der Waals surface area contributed by atoms with Crippen molar-refractivity contribution >= 4 is 11.6 Å². The van der Waals surface area contributed by atoms with E-state index in [4.69, 9.17) is 0 Å². The maximum atomic E-state index is 13.7. The first kappa shape index (κ1) is 15.5. The van der Waals surface area contributed by atoms with Crippen LogP contribution >= 0.6 is 0 Å². The van der Waals surface area contributed by atoms with E-state index in [1.54, 1.807) is 6.07 Å². The lowest BCUT2D eigenvalue weighted by atomic mass is 9.98. The molecule has 23 heavy (non-hydrogen) atoms. The monoisotopic (exact) mass is 312 g/mol. The average molecular weight is 312 g/mol. The Labute approximate surface area is 135 Å². The van der Waals surface area contributed by atoms with Crippen molar-refractivity contribution in [3.05, 3.63) is 64.5 Å². The molecule has 0 saturated carbocycles. The first-order valence-corrected chi connectivity index (χ1v) is 8.01. The number of benzene rings is 2. The van der Waals surface area contributed by atoms with E-state index in [0.29, 0.717) is 6.54 Å². The molecule has 1 aliphatic heterocycles. The van der Waals surface area contributed by atoms with Crippen molar-refractivity contribution in [2.45, 2.75) is 32.7 Å². The van der Waals surface area contributed by atoms with Gasteiger partial charge in [0.15, 0.2) is 0 Å². The standard InChI is InChI=1S/C19H21FN2O/c1-3-18(14-8-12(2)9-15(20)10-14)22-16-5-4-13-6-7-21-19(23)17(13)11-16/h4-5,8-11,18,22H,3,6-7H2,1-2H3,(H,21,23). The molecule has 1 heterocycles. The van der Waals surface area contributed by atoms with Gasteiger partial charge in [-0.15, -0.1) is 0 Å². The fraction of sp³-hybridized carbons (Fsp3) is 0.316. The summed E-state index contributed by atoms with van der Waals surface area (Å²) in [5, 5.41) is 6.29. The molecule has 2 N–H and O–H groups in total. The number of rotatable bonds is 4. The molecule has 0 radical (unpaired) electrons. The van der Waals surface area contributed by atoms with Gasteiger partial charge in [0, 0.05) is 17.8 Å². The smallest absolute Gasteiger partial charge is 0.251 e. The highest BCUT2D eigenvalue weighted by Crippen LogP contribution is 2.26. The molecular formula is C19H21FN2O. The highest BCUT2D eigenvalue weighted by molar-refractivity contribution is 5.97. The van der Waals surface area contributed by atoms with E-state index >= 15 is 0 Å². The summed E-state index contributed by atoms with van der Waals surface area (Å²) in [6, 6.07) is 11.0. The van der Waals surface area contributed by atoms with Crippen LogP contribution in [-0.4, -0.2) is 12.5 Å². The minimum Gasteiger partial charge on any atom is -0.378 e. The second-order valence-corrected chi connectivity index (χ2v) is 6.04. The molecule has 4 heteroatoms. The summed E-state index contributed by atoms with van der Waals surface area (Å²) in [6.45, 7) is 4.64. The second-order valence-electron chi connectivity index (χ2n) is 6.04. The third-order valence-corrected chi connectivity index (χ3v) is 4.25. The minimum atomic E-state index is -0.218. The largest absolute Gasteiger partial charge is 0.378 e. The molecule has 1 amide bonds. The van der Waals surface area contributed by atoms with E-state index in [9.17, 15) is 9.18 Å². The van der Waals surface area contributed by atoms with Gasteiger partial charge in [-0.3, -0.25) is 4.79 Å². The predicted molar refractivity (Wildman–Crippen MR) is 90.3 cm³/mol. The minimum absolute atomic E-state index is 0.00843. The SMILES string of the molecule is CCC(Nc1ccc2c(c1)C(=O)NCC2)c1cc(C)cc(F)c1. The van der Waals surface area contributed by atoms with E-state index in [2.05, 4.69) is 17.6 Å². The topological polar surface area (TPSA) is 41.1 Å². The Morgan fingerprint density at radius 2 is 2.09 bits per heavy atom. The Morgan fingerprint density at radius 3 is 2.83 bits per heavy atom. The maximum absolute atomic E-state index is 13.7. The van der Waals surface area contributed by atoms with Crippen LogP contribution in [0.3, 0.4) is 0 Å². The molecule has 3 nitrogen and oxygen atoms in total. The normalized spacial score (nSPS) is 14.8. The molecule has 0 saturated heterocycles. The lowest BCUT2D eigenvalue weighted by molar-refractivity contribution is 0.0946. The van der Waals surface area contributed by atoms with Crippen LogP contribution in [0.5, 0.6) is 0 Å². The van der Waals surface area contributed by atoms with Crippen LogP contribution in [0, 0.1) is 12.7 Å². The fourth-order valence-corrected chi connectivity index (χ4v) is 3.09. The summed E-state index contributed by atoms with van der Waals surface area (Å²) >= 11 is 0. The molecule has 120 valence electrons. The first-order valence-electron chi connectivity index (χ1n) is 8.01. The number of aryl methyl sites for hydroxylation is 1. The summed E-state index contributed by atoms with van der Waals surface area (Å²) in [6.07, 6.45) is 1.69. The number of carbonyl (C=O) groups is 1. The fourth-order valence-electron chi connectivity index (χ4n) is 3.09. The Bertz CT molecular complexity index is 722. The second kappa shape index (κ2) is 6.41. The number of carbonyl (C=O) groups excluding carboxylic acids is 1. The number of amides is 1. The van der Waals surface area contributed by atoms with Gasteiger partial charge < -0.3 is 10.6 Å². The van der Waals surface area contributed by atoms with Crippen molar-refractivity contribution < 1.29 is 9.18 Å². The van der Waals surface area contributed by atoms with Gasteiger partial charge in [-0.1, -0.05) is 19.1 Å². The zero-order chi connectivity index (χ0) is 16.4. The van der Waals surface area contributed by atoms with Crippen molar-refractivity contribution in [2.75, 3.05) is 11.9 Å². The van der Waals surface area contributed by atoms with Crippen molar-refractivity contribution in [2.24, 2.45) is 0 Å². The summed E-state index contributed by atoms with van der Waals surface area (Å²) in [5.41, 5.74) is 4.52. The lowest BCUT2D eigenvalue weighted by Crippen LogP contribution is -2.31. The summed E-state index contributed by atoms with van der Waals surface area (Å²) < 4.78 is 13.7. The molecule has 0 aliphatic carbocycles. The summed E-state index contributed by atoms with van der Waals surface area (Å²) in [5.74, 6) is -0.241. The van der Waals surface area contributed by atoms with Crippen LogP contribution in [-0.2, 0) is 6.42 Å². The van der Waals surface area contributed by atoms with Gasteiger partial charge in [0.25, 0.3) is 5.91 Å². The van der Waals surface area contributed by atoms with E-state index in [-0.39, 0.29) is 17.8 Å². The number of fused-ring (bicyclic) bond motifs is 1. The predicted octanol–water partition coefficient (Wildman–Crippen LogP) is 3.98. The maximum Gasteiger partial charge on any atom is 0.251 e. The van der Waals surface area contributed by atoms with E-state index in [1.165, 1.54) is 6.07 Å². The summed E-state index contributed by atoms with van der Waals surface area (Å²) in [4.78, 5) is 12.0. The number of hydrogen-bond donors (Lipinski definition) is 2.